The van der Waals surface area contributed by atoms with E-state index in [0.717, 1.165) is 23.8 Å². The normalized spacial score (nSPS) is 22.2. The molecule has 3 rings (SSSR count). The standard InChI is InChI=1S/C17H24N4O2S2/c1-10-5-11(2)8-21(7-10)16(22)12(3)25-17-20-19-15(23-17)6-14-9-24-13(4)18-14/h9-12H,5-8H2,1-4H3. The summed E-state index contributed by atoms with van der Waals surface area (Å²) in [6.07, 6.45) is 1.72. The van der Waals surface area contributed by atoms with E-state index in [1.54, 1.807) is 11.3 Å². The van der Waals surface area contributed by atoms with E-state index >= 15 is 0 Å². The van der Waals surface area contributed by atoms with Gasteiger partial charge in [0.05, 0.1) is 22.4 Å². The van der Waals surface area contributed by atoms with Crippen LogP contribution in [0.5, 0.6) is 0 Å². The van der Waals surface area contributed by atoms with E-state index in [-0.39, 0.29) is 11.2 Å². The zero-order valence-corrected chi connectivity index (χ0v) is 16.7. The van der Waals surface area contributed by atoms with Gasteiger partial charge in [0, 0.05) is 18.5 Å². The summed E-state index contributed by atoms with van der Waals surface area (Å²) >= 11 is 2.94. The molecule has 2 aromatic rings. The lowest BCUT2D eigenvalue weighted by molar-refractivity contribution is -0.132. The molecular formula is C17H24N4O2S2. The number of carbonyl (C=O) groups is 1. The van der Waals surface area contributed by atoms with E-state index in [0.29, 0.717) is 29.4 Å². The van der Waals surface area contributed by atoms with E-state index in [4.69, 9.17) is 4.42 Å². The summed E-state index contributed by atoms with van der Waals surface area (Å²) in [4.78, 5) is 19.1. The van der Waals surface area contributed by atoms with Gasteiger partial charge in [0.1, 0.15) is 0 Å². The predicted octanol–water partition coefficient (Wildman–Crippen LogP) is 3.41. The maximum atomic E-state index is 12.7. The molecule has 136 valence electrons. The lowest BCUT2D eigenvalue weighted by Gasteiger charge is -2.36. The van der Waals surface area contributed by atoms with Crippen LogP contribution in [0.1, 0.15) is 43.8 Å². The Hall–Kier alpha value is -1.41. The summed E-state index contributed by atoms with van der Waals surface area (Å²) in [5.74, 6) is 1.80. The first kappa shape index (κ1) is 18.4. The second-order valence-electron chi connectivity index (χ2n) is 6.95. The van der Waals surface area contributed by atoms with Gasteiger partial charge in [-0.05, 0) is 32.1 Å². The lowest BCUT2D eigenvalue weighted by atomic mass is 9.92. The summed E-state index contributed by atoms with van der Waals surface area (Å²) in [6, 6.07) is 0. The number of aryl methyl sites for hydroxylation is 1. The molecule has 1 aliphatic heterocycles. The van der Waals surface area contributed by atoms with Gasteiger partial charge in [-0.3, -0.25) is 4.79 Å². The molecule has 0 aromatic carbocycles. The van der Waals surface area contributed by atoms with Crippen molar-refractivity contribution in [2.45, 2.75) is 51.0 Å². The zero-order chi connectivity index (χ0) is 18.0. The minimum atomic E-state index is -0.229. The summed E-state index contributed by atoms with van der Waals surface area (Å²) in [7, 11) is 0. The number of aromatic nitrogens is 3. The summed E-state index contributed by atoms with van der Waals surface area (Å²) in [6.45, 7) is 9.97. The molecule has 25 heavy (non-hydrogen) atoms. The maximum Gasteiger partial charge on any atom is 0.277 e. The average molecular weight is 381 g/mol. The Morgan fingerprint density at radius 2 is 2.12 bits per heavy atom. The van der Waals surface area contributed by atoms with E-state index in [9.17, 15) is 4.79 Å². The van der Waals surface area contributed by atoms with Gasteiger partial charge in [-0.25, -0.2) is 4.98 Å². The molecule has 1 fully saturated rings. The van der Waals surface area contributed by atoms with Crippen LogP contribution in [0.2, 0.25) is 0 Å². The van der Waals surface area contributed by atoms with Crippen LogP contribution in [0, 0.1) is 18.8 Å². The monoisotopic (exact) mass is 380 g/mol. The largest absolute Gasteiger partial charge is 0.416 e. The second-order valence-corrected chi connectivity index (χ2v) is 9.30. The molecule has 1 saturated heterocycles. The topological polar surface area (TPSA) is 72.1 Å². The summed E-state index contributed by atoms with van der Waals surface area (Å²) in [5.41, 5.74) is 0.933. The molecule has 2 aromatic heterocycles. The minimum Gasteiger partial charge on any atom is -0.416 e. The number of piperidine rings is 1. The van der Waals surface area contributed by atoms with Crippen molar-refractivity contribution in [1.29, 1.82) is 0 Å². The van der Waals surface area contributed by atoms with Gasteiger partial charge in [-0.1, -0.05) is 25.6 Å². The predicted molar refractivity (Wildman–Crippen MR) is 98.8 cm³/mol. The molecule has 3 atom stereocenters. The van der Waals surface area contributed by atoms with Crippen LogP contribution in [0.25, 0.3) is 0 Å². The van der Waals surface area contributed by atoms with Crippen LogP contribution in [0.15, 0.2) is 15.0 Å². The van der Waals surface area contributed by atoms with Crippen LogP contribution >= 0.6 is 23.1 Å². The third-order valence-electron chi connectivity index (χ3n) is 4.25. The number of hydrogen-bond donors (Lipinski definition) is 0. The fourth-order valence-corrected chi connectivity index (χ4v) is 4.70. The molecule has 3 heterocycles. The number of nitrogens with zero attached hydrogens (tertiary/aromatic N) is 4. The maximum absolute atomic E-state index is 12.7. The van der Waals surface area contributed by atoms with Crippen molar-refractivity contribution < 1.29 is 9.21 Å². The molecular weight excluding hydrogens is 356 g/mol. The second kappa shape index (κ2) is 7.86. The first-order chi connectivity index (χ1) is 11.9. The van der Waals surface area contributed by atoms with E-state index in [1.165, 1.54) is 18.2 Å². The highest BCUT2D eigenvalue weighted by molar-refractivity contribution is 8.00. The molecule has 3 unspecified atom stereocenters. The van der Waals surface area contributed by atoms with E-state index < -0.39 is 0 Å². The number of likely N-dealkylation sites (tertiary alicyclic amines) is 1. The fourth-order valence-electron chi connectivity index (χ4n) is 3.30. The Morgan fingerprint density at radius 1 is 1.40 bits per heavy atom. The molecule has 0 aliphatic carbocycles. The van der Waals surface area contributed by atoms with E-state index in [1.807, 2.05) is 24.1 Å². The van der Waals surface area contributed by atoms with E-state index in [2.05, 4.69) is 29.0 Å². The Kier molecular flexibility index (Phi) is 5.78. The first-order valence-corrected chi connectivity index (χ1v) is 10.4. The third-order valence-corrected chi connectivity index (χ3v) is 6.00. The number of hydrogen-bond acceptors (Lipinski definition) is 7. The number of amides is 1. The molecule has 0 saturated carbocycles. The Morgan fingerprint density at radius 3 is 2.76 bits per heavy atom. The Bertz CT molecular complexity index is 720. The third kappa shape index (κ3) is 4.82. The summed E-state index contributed by atoms with van der Waals surface area (Å²) in [5, 5.41) is 11.4. The van der Waals surface area contributed by atoms with Crippen LogP contribution in [0.4, 0.5) is 0 Å². The van der Waals surface area contributed by atoms with Crippen LogP contribution in [0.3, 0.4) is 0 Å². The van der Waals surface area contributed by atoms with Crippen molar-refractivity contribution in [3.8, 4) is 0 Å². The van der Waals surface area contributed by atoms with Gasteiger partial charge in [0.25, 0.3) is 5.22 Å². The van der Waals surface area contributed by atoms with Gasteiger partial charge < -0.3 is 9.32 Å². The lowest BCUT2D eigenvalue weighted by Crippen LogP contribution is -2.45. The number of thioether (sulfide) groups is 1. The molecule has 6 nitrogen and oxygen atoms in total. The smallest absolute Gasteiger partial charge is 0.277 e. The van der Waals surface area contributed by atoms with Crippen molar-refractivity contribution in [1.82, 2.24) is 20.1 Å². The molecule has 0 bridgehead atoms. The molecule has 0 spiro atoms. The SMILES string of the molecule is Cc1nc(Cc2nnc(SC(C)C(=O)N3CC(C)CC(C)C3)o2)cs1. The Labute approximate surface area is 156 Å². The molecule has 8 heteroatoms. The highest BCUT2D eigenvalue weighted by Gasteiger charge is 2.29. The van der Waals surface area contributed by atoms with Crippen molar-refractivity contribution in [2.24, 2.45) is 11.8 Å². The average Bonchev–Trinajstić information content (AvgIpc) is 3.15. The van der Waals surface area contributed by atoms with Crippen molar-refractivity contribution in [3.05, 3.63) is 22.0 Å². The first-order valence-electron chi connectivity index (χ1n) is 8.59. The van der Waals surface area contributed by atoms with Crippen LogP contribution in [-0.2, 0) is 11.2 Å². The molecule has 1 amide bonds. The van der Waals surface area contributed by atoms with Gasteiger partial charge in [-0.15, -0.1) is 21.5 Å². The molecule has 0 N–H and O–H groups in total. The van der Waals surface area contributed by atoms with Crippen molar-refractivity contribution in [3.63, 3.8) is 0 Å². The molecule has 1 aliphatic rings. The van der Waals surface area contributed by atoms with Crippen molar-refractivity contribution >= 4 is 29.0 Å². The van der Waals surface area contributed by atoms with Gasteiger partial charge in [0.15, 0.2) is 0 Å². The van der Waals surface area contributed by atoms with Gasteiger partial charge in [0.2, 0.25) is 11.8 Å². The number of rotatable bonds is 5. The number of thiazole rings is 1. The van der Waals surface area contributed by atoms with Crippen LogP contribution in [-0.4, -0.2) is 44.3 Å². The van der Waals surface area contributed by atoms with Crippen LogP contribution < -0.4 is 0 Å². The highest BCUT2D eigenvalue weighted by atomic mass is 32.2. The minimum absolute atomic E-state index is 0.151. The fraction of sp³-hybridized carbons (Fsp3) is 0.647. The quantitative estimate of drug-likeness (QED) is 0.740. The Balaban J connectivity index is 1.57. The number of carbonyl (C=O) groups excluding carboxylic acids is 1. The summed E-state index contributed by atoms with van der Waals surface area (Å²) < 4.78 is 5.68. The van der Waals surface area contributed by atoms with Gasteiger partial charge in [-0.2, -0.15) is 0 Å². The van der Waals surface area contributed by atoms with Gasteiger partial charge >= 0.3 is 0 Å². The van der Waals surface area contributed by atoms with Crippen molar-refractivity contribution in [2.75, 3.05) is 13.1 Å². The highest BCUT2D eigenvalue weighted by Crippen LogP contribution is 2.27. The zero-order valence-electron chi connectivity index (χ0n) is 15.1. The molecule has 0 radical (unpaired) electrons.